The maximum Gasteiger partial charge on any atom is 0.329 e. The molecule has 9 heteroatoms. The number of H-pyrrole nitrogens is 1. The van der Waals surface area contributed by atoms with E-state index in [2.05, 4.69) is 15.3 Å². The lowest BCUT2D eigenvalue weighted by Crippen LogP contribution is -2.31. The van der Waals surface area contributed by atoms with Gasteiger partial charge in [-0.2, -0.15) is 4.98 Å². The predicted octanol–water partition coefficient (Wildman–Crippen LogP) is 2.13. The van der Waals surface area contributed by atoms with Crippen LogP contribution in [0.1, 0.15) is 16.7 Å². The van der Waals surface area contributed by atoms with Gasteiger partial charge in [0.1, 0.15) is 18.5 Å². The molecule has 0 fully saturated rings. The van der Waals surface area contributed by atoms with Crippen LogP contribution in [-0.2, 0) is 20.0 Å². The number of aromatic nitrogens is 4. The van der Waals surface area contributed by atoms with Crippen LogP contribution in [0.4, 0.5) is 5.95 Å². The Labute approximate surface area is 196 Å². The Morgan fingerprint density at radius 2 is 1.88 bits per heavy atom. The fraction of sp³-hybridized carbons (Fsp3) is 0.320. The van der Waals surface area contributed by atoms with Crippen LogP contribution in [0.15, 0.2) is 58.1 Å². The van der Waals surface area contributed by atoms with E-state index in [4.69, 9.17) is 4.74 Å². The second-order valence-corrected chi connectivity index (χ2v) is 8.41. The zero-order valence-corrected chi connectivity index (χ0v) is 19.5. The van der Waals surface area contributed by atoms with Crippen LogP contribution in [0.5, 0.6) is 5.75 Å². The van der Waals surface area contributed by atoms with Gasteiger partial charge in [-0.15, -0.1) is 0 Å². The van der Waals surface area contributed by atoms with E-state index in [0.717, 1.165) is 23.1 Å². The van der Waals surface area contributed by atoms with E-state index in [0.29, 0.717) is 18.2 Å². The van der Waals surface area contributed by atoms with Crippen molar-refractivity contribution in [3.63, 3.8) is 0 Å². The first kappa shape index (κ1) is 23.3. The van der Waals surface area contributed by atoms with Crippen LogP contribution < -0.4 is 21.3 Å². The van der Waals surface area contributed by atoms with Gasteiger partial charge >= 0.3 is 5.69 Å². The minimum Gasteiger partial charge on any atom is -0.491 e. The fourth-order valence-electron chi connectivity index (χ4n) is 3.77. The number of hydrogen-bond donors (Lipinski definition) is 3. The molecule has 0 amide bonds. The highest BCUT2D eigenvalue weighted by molar-refractivity contribution is 5.74. The molecule has 0 spiro atoms. The number of aromatic amines is 1. The number of aryl methyl sites for hydroxylation is 3. The van der Waals surface area contributed by atoms with Crippen LogP contribution in [0, 0.1) is 13.8 Å². The number of aliphatic hydroxyl groups excluding tert-OH is 1. The molecule has 0 aliphatic rings. The van der Waals surface area contributed by atoms with Crippen molar-refractivity contribution in [1.29, 1.82) is 0 Å². The van der Waals surface area contributed by atoms with Gasteiger partial charge in [0.25, 0.3) is 5.56 Å². The molecule has 0 bridgehead atoms. The number of imidazole rings is 1. The molecule has 2 heterocycles. The molecule has 2 aromatic heterocycles. The first-order valence-electron chi connectivity index (χ1n) is 11.2. The molecule has 0 saturated heterocycles. The third kappa shape index (κ3) is 5.04. The van der Waals surface area contributed by atoms with Crippen LogP contribution in [0.2, 0.25) is 0 Å². The largest absolute Gasteiger partial charge is 0.491 e. The summed E-state index contributed by atoms with van der Waals surface area (Å²) in [6, 6.07) is 15.7. The number of aliphatic hydroxyl groups is 1. The minimum atomic E-state index is -0.912. The quantitative estimate of drug-likeness (QED) is 0.350. The first-order chi connectivity index (χ1) is 16.3. The van der Waals surface area contributed by atoms with Crippen molar-refractivity contribution in [2.24, 2.45) is 7.05 Å². The molecule has 0 saturated carbocycles. The number of fused-ring (bicyclic) bond motifs is 1. The van der Waals surface area contributed by atoms with Gasteiger partial charge in [-0.1, -0.05) is 36.4 Å². The van der Waals surface area contributed by atoms with Gasteiger partial charge in [0.2, 0.25) is 5.95 Å². The summed E-state index contributed by atoms with van der Waals surface area (Å²) < 4.78 is 8.66. The molecule has 0 aliphatic heterocycles. The van der Waals surface area contributed by atoms with Crippen molar-refractivity contribution in [2.45, 2.75) is 32.9 Å². The molecule has 9 nitrogen and oxygen atoms in total. The number of anilines is 1. The van der Waals surface area contributed by atoms with Crippen molar-refractivity contribution in [3.05, 3.63) is 86.1 Å². The highest BCUT2D eigenvalue weighted by atomic mass is 16.5. The van der Waals surface area contributed by atoms with E-state index in [9.17, 15) is 14.7 Å². The van der Waals surface area contributed by atoms with E-state index in [-0.39, 0.29) is 24.3 Å². The van der Waals surface area contributed by atoms with Crippen LogP contribution in [0.3, 0.4) is 0 Å². The molecular formula is C25H29N5O4. The molecular weight excluding hydrogens is 434 g/mol. The second-order valence-electron chi connectivity index (χ2n) is 8.41. The van der Waals surface area contributed by atoms with E-state index in [1.807, 2.05) is 62.4 Å². The molecule has 0 aliphatic carbocycles. The number of nitrogens with zero attached hydrogens (tertiary/aromatic N) is 3. The normalized spacial score (nSPS) is 12.1. The zero-order valence-electron chi connectivity index (χ0n) is 19.5. The van der Waals surface area contributed by atoms with Gasteiger partial charge < -0.3 is 19.7 Å². The standard InChI is InChI=1S/C25H29N5O4/c1-16-9-10-20(13-17(16)2)34-15-19(31)14-30-21-22(29(3)25(33)28-23(21)32)27-24(30)26-12-11-18-7-5-4-6-8-18/h4-10,13,19,31H,11-12,14-15H2,1-3H3,(H,26,27)(H,28,32,33)/t19-/m1/s1. The second kappa shape index (κ2) is 9.96. The van der Waals surface area contributed by atoms with E-state index in [1.54, 1.807) is 11.6 Å². The smallest absolute Gasteiger partial charge is 0.329 e. The van der Waals surface area contributed by atoms with Crippen molar-refractivity contribution in [2.75, 3.05) is 18.5 Å². The molecule has 0 unspecified atom stereocenters. The summed E-state index contributed by atoms with van der Waals surface area (Å²) in [6.45, 7) is 4.69. The van der Waals surface area contributed by atoms with E-state index < -0.39 is 17.4 Å². The Hall–Kier alpha value is -3.85. The lowest BCUT2D eigenvalue weighted by atomic mass is 10.1. The van der Waals surface area contributed by atoms with Gasteiger partial charge in [-0.05, 0) is 49.1 Å². The molecule has 178 valence electrons. The average Bonchev–Trinajstić information content (AvgIpc) is 3.17. The highest BCUT2D eigenvalue weighted by Gasteiger charge is 2.20. The van der Waals surface area contributed by atoms with Gasteiger partial charge in [0.05, 0.1) is 6.54 Å². The number of nitrogens with one attached hydrogen (secondary N) is 2. The average molecular weight is 464 g/mol. The topological polar surface area (TPSA) is 114 Å². The predicted molar refractivity (Wildman–Crippen MR) is 132 cm³/mol. The number of hydrogen-bond acceptors (Lipinski definition) is 6. The molecule has 0 radical (unpaired) electrons. The van der Waals surface area contributed by atoms with Gasteiger partial charge in [0.15, 0.2) is 11.2 Å². The lowest BCUT2D eigenvalue weighted by Gasteiger charge is -2.16. The third-order valence-electron chi connectivity index (χ3n) is 5.86. The summed E-state index contributed by atoms with van der Waals surface area (Å²) >= 11 is 0. The summed E-state index contributed by atoms with van der Waals surface area (Å²) in [6.07, 6.45) is -0.164. The van der Waals surface area contributed by atoms with Crippen molar-refractivity contribution >= 4 is 17.1 Å². The number of rotatable bonds is 9. The zero-order chi connectivity index (χ0) is 24.2. The lowest BCUT2D eigenvalue weighted by molar-refractivity contribution is 0.0938. The number of benzene rings is 2. The SMILES string of the molecule is Cc1ccc(OC[C@H](O)Cn2c(NCCc3ccccc3)nc3c2c(=O)[nH]c(=O)n3C)cc1C. The Morgan fingerprint density at radius 3 is 2.62 bits per heavy atom. The molecule has 1 atom stereocenters. The Bertz CT molecular complexity index is 1400. The van der Waals surface area contributed by atoms with Crippen molar-refractivity contribution < 1.29 is 9.84 Å². The van der Waals surface area contributed by atoms with Crippen LogP contribution in [-0.4, -0.2) is 43.5 Å². The Kier molecular flexibility index (Phi) is 6.83. The maximum absolute atomic E-state index is 12.6. The molecule has 2 aromatic carbocycles. The molecule has 3 N–H and O–H groups in total. The fourth-order valence-corrected chi connectivity index (χ4v) is 3.77. The molecule has 4 rings (SSSR count). The van der Waals surface area contributed by atoms with Gasteiger partial charge in [-0.25, -0.2) is 4.79 Å². The summed E-state index contributed by atoms with van der Waals surface area (Å²) in [4.78, 5) is 31.5. The van der Waals surface area contributed by atoms with E-state index >= 15 is 0 Å². The minimum absolute atomic E-state index is 0.0370. The Balaban J connectivity index is 1.56. The van der Waals surface area contributed by atoms with Crippen LogP contribution >= 0.6 is 0 Å². The summed E-state index contributed by atoms with van der Waals surface area (Å²) in [7, 11) is 1.55. The van der Waals surface area contributed by atoms with E-state index in [1.165, 1.54) is 4.57 Å². The first-order valence-corrected chi connectivity index (χ1v) is 11.2. The molecule has 4 aromatic rings. The van der Waals surface area contributed by atoms with Crippen molar-refractivity contribution in [1.82, 2.24) is 19.1 Å². The third-order valence-corrected chi connectivity index (χ3v) is 5.86. The maximum atomic E-state index is 12.6. The van der Waals surface area contributed by atoms with Gasteiger partial charge in [0, 0.05) is 13.6 Å². The summed E-state index contributed by atoms with van der Waals surface area (Å²) in [5, 5.41) is 14.0. The summed E-state index contributed by atoms with van der Waals surface area (Å²) in [5.74, 6) is 1.07. The monoisotopic (exact) mass is 463 g/mol. The highest BCUT2D eigenvalue weighted by Crippen LogP contribution is 2.19. The van der Waals surface area contributed by atoms with Crippen LogP contribution in [0.25, 0.3) is 11.2 Å². The van der Waals surface area contributed by atoms with Crippen molar-refractivity contribution in [3.8, 4) is 5.75 Å². The number of ether oxygens (including phenoxy) is 1. The Morgan fingerprint density at radius 1 is 1.12 bits per heavy atom. The van der Waals surface area contributed by atoms with Gasteiger partial charge in [-0.3, -0.25) is 14.3 Å². The molecule has 34 heavy (non-hydrogen) atoms. The summed E-state index contributed by atoms with van der Waals surface area (Å²) in [5.41, 5.74) is 2.79.